The molecule has 0 amide bonds. The van der Waals surface area contributed by atoms with Gasteiger partial charge in [0, 0.05) is 47.4 Å². The number of aryl methyl sites for hydroxylation is 2. The van der Waals surface area contributed by atoms with Gasteiger partial charge in [-0.2, -0.15) is 0 Å². The van der Waals surface area contributed by atoms with Crippen molar-refractivity contribution < 1.29 is 0 Å². The van der Waals surface area contributed by atoms with E-state index >= 15 is 0 Å². The molecule has 4 aromatic rings. The van der Waals surface area contributed by atoms with Crippen LogP contribution in [0, 0.1) is 0 Å². The van der Waals surface area contributed by atoms with Gasteiger partial charge in [-0.25, -0.2) is 0 Å². The normalized spacial score (nSPS) is 18.5. The molecule has 0 fully saturated rings. The molecule has 26 heavy (non-hydrogen) atoms. The fraction of sp³-hybridized carbons (Fsp3) is 0.167. The minimum atomic E-state index is 0.482. The molecule has 0 spiro atoms. The first-order valence-electron chi connectivity index (χ1n) is 9.29. The van der Waals surface area contributed by atoms with Crippen LogP contribution in [-0.2, 0) is 14.1 Å². The summed E-state index contributed by atoms with van der Waals surface area (Å²) in [5.74, 6) is 0.482. The lowest BCUT2D eigenvalue weighted by Crippen LogP contribution is -2.08. The number of rotatable bonds is 0. The Labute approximate surface area is 152 Å². The molecule has 1 atom stereocenters. The predicted octanol–water partition coefficient (Wildman–Crippen LogP) is 5.82. The van der Waals surface area contributed by atoms with E-state index < -0.39 is 0 Å². The standard InChI is InChI=1S/C24H20N2/c1-25-20-10-6-5-9-17(20)18-12-13-19-22-16-8-4-3-7-15(16)11-14-21(22)26(2)24(19)23(18)25/h3-7,9-14,16H,8H2,1-2H3. The summed E-state index contributed by atoms with van der Waals surface area (Å²) in [5, 5.41) is 4.08. The summed E-state index contributed by atoms with van der Waals surface area (Å²) in [6, 6.07) is 13.4. The minimum Gasteiger partial charge on any atom is -0.342 e. The molecule has 126 valence electrons. The fourth-order valence-electron chi connectivity index (χ4n) is 5.09. The third-order valence-corrected chi connectivity index (χ3v) is 6.29. The molecule has 2 aromatic carbocycles. The van der Waals surface area contributed by atoms with Crippen molar-refractivity contribution in [3.8, 4) is 0 Å². The molecule has 2 aliphatic rings. The zero-order valence-corrected chi connectivity index (χ0v) is 15.0. The second kappa shape index (κ2) is 4.79. The van der Waals surface area contributed by atoms with E-state index in [-0.39, 0.29) is 0 Å². The van der Waals surface area contributed by atoms with Crippen LogP contribution in [0.5, 0.6) is 0 Å². The van der Waals surface area contributed by atoms with Crippen molar-refractivity contribution in [2.75, 3.05) is 0 Å². The largest absolute Gasteiger partial charge is 0.342 e. The molecule has 1 unspecified atom stereocenters. The Bertz CT molecular complexity index is 1320. The second-order valence-electron chi connectivity index (χ2n) is 7.51. The number of hydrogen-bond acceptors (Lipinski definition) is 0. The van der Waals surface area contributed by atoms with E-state index in [1.54, 1.807) is 0 Å². The summed E-state index contributed by atoms with van der Waals surface area (Å²) in [6.07, 6.45) is 12.4. The average molecular weight is 336 g/mol. The van der Waals surface area contributed by atoms with E-state index in [0.29, 0.717) is 5.92 Å². The monoisotopic (exact) mass is 336 g/mol. The summed E-state index contributed by atoms with van der Waals surface area (Å²) in [7, 11) is 4.41. The van der Waals surface area contributed by atoms with Gasteiger partial charge in [0.05, 0.1) is 11.0 Å². The Morgan fingerprint density at radius 2 is 1.65 bits per heavy atom. The van der Waals surface area contributed by atoms with Crippen LogP contribution in [0.15, 0.2) is 66.3 Å². The zero-order chi connectivity index (χ0) is 17.4. The summed E-state index contributed by atoms with van der Waals surface area (Å²) in [6.45, 7) is 0. The third kappa shape index (κ3) is 1.58. The molecule has 2 heterocycles. The summed E-state index contributed by atoms with van der Waals surface area (Å²) in [4.78, 5) is 0. The average Bonchev–Trinajstić information content (AvgIpc) is 3.15. The topological polar surface area (TPSA) is 9.86 Å². The van der Waals surface area contributed by atoms with Crippen LogP contribution < -0.4 is 0 Å². The van der Waals surface area contributed by atoms with Crippen LogP contribution in [0.2, 0.25) is 0 Å². The second-order valence-corrected chi connectivity index (χ2v) is 7.51. The third-order valence-electron chi connectivity index (χ3n) is 6.29. The van der Waals surface area contributed by atoms with Gasteiger partial charge >= 0.3 is 0 Å². The van der Waals surface area contributed by atoms with Crippen LogP contribution in [-0.4, -0.2) is 9.13 Å². The molecule has 0 saturated carbocycles. The Morgan fingerprint density at radius 1 is 0.846 bits per heavy atom. The van der Waals surface area contributed by atoms with E-state index in [2.05, 4.69) is 90.0 Å². The Morgan fingerprint density at radius 3 is 2.58 bits per heavy atom. The molecule has 0 N–H and O–H groups in total. The quantitative estimate of drug-likeness (QED) is 0.383. The maximum atomic E-state index is 2.40. The van der Waals surface area contributed by atoms with Crippen LogP contribution in [0.3, 0.4) is 0 Å². The fourth-order valence-corrected chi connectivity index (χ4v) is 5.09. The number of nitrogens with zero attached hydrogens (tertiary/aromatic N) is 2. The lowest BCUT2D eigenvalue weighted by atomic mass is 9.80. The summed E-state index contributed by atoms with van der Waals surface area (Å²) >= 11 is 0. The van der Waals surface area contributed by atoms with E-state index in [9.17, 15) is 0 Å². The van der Waals surface area contributed by atoms with Crippen LogP contribution >= 0.6 is 0 Å². The van der Waals surface area contributed by atoms with Gasteiger partial charge in [-0.15, -0.1) is 0 Å². The van der Waals surface area contributed by atoms with Gasteiger partial charge in [0.2, 0.25) is 0 Å². The SMILES string of the molecule is Cn1c2c(c3ccc4c5ccccc5n(C)c4c31)C1CC=CC=C1C=C2. The van der Waals surface area contributed by atoms with E-state index in [1.807, 2.05) is 0 Å². The number of benzene rings is 2. The smallest absolute Gasteiger partial charge is 0.0736 e. The van der Waals surface area contributed by atoms with Crippen molar-refractivity contribution in [1.82, 2.24) is 9.13 Å². The Hall–Kier alpha value is -3.00. The first-order chi connectivity index (χ1) is 12.8. The van der Waals surface area contributed by atoms with Gasteiger partial charge in [0.15, 0.2) is 0 Å². The van der Waals surface area contributed by atoms with Gasteiger partial charge in [-0.3, -0.25) is 0 Å². The molecule has 0 bridgehead atoms. The van der Waals surface area contributed by atoms with E-state index in [4.69, 9.17) is 0 Å². The highest BCUT2D eigenvalue weighted by Gasteiger charge is 2.28. The van der Waals surface area contributed by atoms with Crippen LogP contribution in [0.25, 0.3) is 38.8 Å². The molecule has 2 heteroatoms. The number of fused-ring (bicyclic) bond motifs is 9. The highest BCUT2D eigenvalue weighted by Crippen LogP contribution is 2.45. The van der Waals surface area contributed by atoms with Gasteiger partial charge in [-0.05, 0) is 29.7 Å². The van der Waals surface area contributed by atoms with Crippen molar-refractivity contribution in [3.63, 3.8) is 0 Å². The van der Waals surface area contributed by atoms with Gasteiger partial charge in [-0.1, -0.05) is 54.6 Å². The Kier molecular flexibility index (Phi) is 2.62. The van der Waals surface area contributed by atoms with Crippen molar-refractivity contribution in [1.29, 1.82) is 0 Å². The molecule has 2 nitrogen and oxygen atoms in total. The van der Waals surface area contributed by atoms with Crippen molar-refractivity contribution in [2.24, 2.45) is 14.1 Å². The van der Waals surface area contributed by atoms with Gasteiger partial charge in [0.1, 0.15) is 0 Å². The maximum Gasteiger partial charge on any atom is 0.0736 e. The number of para-hydroxylation sites is 1. The van der Waals surface area contributed by atoms with E-state index in [1.165, 1.54) is 49.5 Å². The zero-order valence-electron chi connectivity index (χ0n) is 15.0. The van der Waals surface area contributed by atoms with Crippen molar-refractivity contribution in [2.45, 2.75) is 12.3 Å². The molecular weight excluding hydrogens is 316 g/mol. The molecule has 2 aliphatic carbocycles. The molecule has 2 aromatic heterocycles. The van der Waals surface area contributed by atoms with E-state index in [0.717, 1.165) is 6.42 Å². The summed E-state index contributed by atoms with van der Waals surface area (Å²) < 4.78 is 4.76. The summed E-state index contributed by atoms with van der Waals surface area (Å²) in [5.41, 5.74) is 8.27. The van der Waals surface area contributed by atoms with Crippen molar-refractivity contribution in [3.05, 3.63) is 77.5 Å². The highest BCUT2D eigenvalue weighted by molar-refractivity contribution is 6.18. The molecule has 0 aliphatic heterocycles. The number of hydrogen-bond donors (Lipinski definition) is 0. The molecular formula is C24H20N2. The lowest BCUT2D eigenvalue weighted by molar-refractivity contribution is 0.802. The lowest BCUT2D eigenvalue weighted by Gasteiger charge is -2.24. The number of allylic oxidation sites excluding steroid dienone is 5. The van der Waals surface area contributed by atoms with Gasteiger partial charge < -0.3 is 9.13 Å². The highest BCUT2D eigenvalue weighted by atomic mass is 15.0. The first kappa shape index (κ1) is 14.2. The van der Waals surface area contributed by atoms with Crippen molar-refractivity contribution >= 4 is 38.8 Å². The van der Waals surface area contributed by atoms with Crippen LogP contribution in [0.1, 0.15) is 23.6 Å². The predicted molar refractivity (Wildman–Crippen MR) is 111 cm³/mol. The molecule has 0 saturated heterocycles. The number of aromatic nitrogens is 2. The van der Waals surface area contributed by atoms with Gasteiger partial charge in [0.25, 0.3) is 0 Å². The van der Waals surface area contributed by atoms with Crippen LogP contribution in [0.4, 0.5) is 0 Å². The Balaban J connectivity index is 1.81. The molecule has 6 rings (SSSR count). The first-order valence-corrected chi connectivity index (χ1v) is 9.29. The molecule has 0 radical (unpaired) electrons. The minimum absolute atomic E-state index is 0.482. The maximum absolute atomic E-state index is 2.40.